The van der Waals surface area contributed by atoms with Gasteiger partial charge in [-0.05, 0) is 60.9 Å². The second-order valence-electron chi connectivity index (χ2n) is 10.8. The van der Waals surface area contributed by atoms with Crippen molar-refractivity contribution in [3.63, 3.8) is 0 Å². The summed E-state index contributed by atoms with van der Waals surface area (Å²) in [4.78, 5) is 46.1. The van der Waals surface area contributed by atoms with E-state index in [-0.39, 0.29) is 34.1 Å². The number of aliphatic hydroxyl groups excluding tert-OH is 1. The molecule has 0 bridgehead atoms. The lowest BCUT2D eigenvalue weighted by atomic mass is 9.94. The number of benzene rings is 3. The Morgan fingerprint density at radius 2 is 1.93 bits per heavy atom. The van der Waals surface area contributed by atoms with Crippen LogP contribution in [0.15, 0.2) is 91.0 Å². The minimum Gasteiger partial charge on any atom is -0.507 e. The summed E-state index contributed by atoms with van der Waals surface area (Å²) in [5.41, 5.74) is 3.01. The number of ether oxygens (including phenoxy) is 3. The van der Waals surface area contributed by atoms with Gasteiger partial charge in [0.15, 0.2) is 5.13 Å². The Kier molecular flexibility index (Phi) is 8.23. The quantitative estimate of drug-likeness (QED) is 0.0758. The third kappa shape index (κ3) is 5.84. The molecule has 228 valence electrons. The van der Waals surface area contributed by atoms with Gasteiger partial charge in [-0.25, -0.2) is 9.78 Å². The first-order chi connectivity index (χ1) is 21.7. The lowest BCUT2D eigenvalue weighted by Crippen LogP contribution is -2.29. The molecule has 3 aromatic carbocycles. The first-order valence-corrected chi connectivity index (χ1v) is 15.2. The number of esters is 1. The second kappa shape index (κ2) is 12.4. The van der Waals surface area contributed by atoms with E-state index in [0.29, 0.717) is 41.3 Å². The lowest BCUT2D eigenvalue weighted by molar-refractivity contribution is -0.132. The Hall–Kier alpha value is -5.22. The van der Waals surface area contributed by atoms with Crippen LogP contribution >= 0.6 is 11.3 Å². The summed E-state index contributed by atoms with van der Waals surface area (Å²) in [5, 5.41) is 11.8. The van der Waals surface area contributed by atoms with Gasteiger partial charge in [-0.1, -0.05) is 66.5 Å². The Morgan fingerprint density at radius 3 is 2.71 bits per heavy atom. The number of hydrogen-bond acceptors (Lipinski definition) is 9. The average molecular weight is 623 g/mol. The number of aliphatic hydroxyl groups is 1. The van der Waals surface area contributed by atoms with Crippen molar-refractivity contribution in [3.8, 4) is 11.5 Å². The van der Waals surface area contributed by atoms with E-state index in [1.54, 1.807) is 49.4 Å². The van der Waals surface area contributed by atoms with Crippen molar-refractivity contribution >= 4 is 39.9 Å². The van der Waals surface area contributed by atoms with Crippen LogP contribution in [0.25, 0.3) is 5.76 Å². The van der Waals surface area contributed by atoms with Crippen molar-refractivity contribution < 1.29 is 33.7 Å². The number of hydrogen-bond donors (Lipinski definition) is 1. The van der Waals surface area contributed by atoms with E-state index in [0.717, 1.165) is 22.5 Å². The molecule has 6 rings (SSSR count). The Morgan fingerprint density at radius 1 is 1.13 bits per heavy atom. The molecular weight excluding hydrogens is 592 g/mol. The van der Waals surface area contributed by atoms with Crippen LogP contribution in [0.3, 0.4) is 0 Å². The Balaban J connectivity index is 1.44. The number of rotatable bonds is 9. The van der Waals surface area contributed by atoms with Gasteiger partial charge in [-0.15, -0.1) is 0 Å². The highest BCUT2D eigenvalue weighted by Crippen LogP contribution is 2.45. The maximum atomic E-state index is 13.7. The summed E-state index contributed by atoms with van der Waals surface area (Å²) in [6.07, 6.45) is 2.09. The normalized spacial score (nSPS) is 18.4. The van der Waals surface area contributed by atoms with Gasteiger partial charge in [0.2, 0.25) is 0 Å². The molecule has 0 spiro atoms. The number of ketones is 1. The molecule has 0 radical (unpaired) electrons. The summed E-state index contributed by atoms with van der Waals surface area (Å²) in [6.45, 7) is 7.46. The van der Waals surface area contributed by atoms with Gasteiger partial charge in [0.1, 0.15) is 41.5 Å². The first kappa shape index (κ1) is 29.8. The maximum Gasteiger partial charge on any atom is 0.350 e. The minimum absolute atomic E-state index is 0.0103. The van der Waals surface area contributed by atoms with Crippen LogP contribution < -0.4 is 14.4 Å². The van der Waals surface area contributed by atoms with Crippen molar-refractivity contribution in [1.29, 1.82) is 0 Å². The summed E-state index contributed by atoms with van der Waals surface area (Å²) in [7, 11) is 0. The summed E-state index contributed by atoms with van der Waals surface area (Å²) < 4.78 is 17.1. The third-order valence-corrected chi connectivity index (χ3v) is 8.68. The molecule has 45 heavy (non-hydrogen) atoms. The first-order valence-electron chi connectivity index (χ1n) is 14.4. The third-order valence-electron chi connectivity index (χ3n) is 7.55. The van der Waals surface area contributed by atoms with E-state index in [1.165, 1.54) is 11.0 Å². The summed E-state index contributed by atoms with van der Waals surface area (Å²) in [6, 6.07) is 20.8. The van der Waals surface area contributed by atoms with Gasteiger partial charge in [-0.2, -0.15) is 0 Å². The van der Waals surface area contributed by atoms with E-state index in [9.17, 15) is 19.5 Å². The zero-order valence-electron chi connectivity index (χ0n) is 24.7. The molecule has 3 heterocycles. The zero-order chi connectivity index (χ0) is 31.7. The van der Waals surface area contributed by atoms with Gasteiger partial charge >= 0.3 is 11.9 Å². The number of Topliss-reactive ketones (excluding diaryl/α,β-unsaturated/α-hetero) is 1. The second-order valence-corrected chi connectivity index (χ2v) is 11.7. The predicted octanol–water partition coefficient (Wildman–Crippen LogP) is 6.32. The summed E-state index contributed by atoms with van der Waals surface area (Å²) in [5.74, 6) is -1.46. The predicted molar refractivity (Wildman–Crippen MR) is 170 cm³/mol. The van der Waals surface area contributed by atoms with Crippen molar-refractivity contribution in [1.82, 2.24) is 4.98 Å². The van der Waals surface area contributed by atoms with Crippen LogP contribution in [0.1, 0.15) is 50.6 Å². The number of nitrogens with zero attached hydrogens (tertiary/aromatic N) is 2. The molecule has 10 heteroatoms. The molecule has 1 fully saturated rings. The summed E-state index contributed by atoms with van der Waals surface area (Å²) >= 11 is 0.938. The smallest absolute Gasteiger partial charge is 0.350 e. The lowest BCUT2D eigenvalue weighted by Gasteiger charge is -2.23. The van der Waals surface area contributed by atoms with Crippen molar-refractivity contribution in [2.24, 2.45) is 0 Å². The van der Waals surface area contributed by atoms with Crippen molar-refractivity contribution in [3.05, 3.63) is 124 Å². The van der Waals surface area contributed by atoms with E-state index >= 15 is 0 Å². The van der Waals surface area contributed by atoms with Crippen molar-refractivity contribution in [2.75, 3.05) is 11.5 Å². The molecule has 0 unspecified atom stereocenters. The molecule has 9 nitrogen and oxygen atoms in total. The van der Waals surface area contributed by atoms with Crippen LogP contribution in [0, 0.1) is 6.92 Å². The number of carbonyl (C=O) groups is 3. The fourth-order valence-electron chi connectivity index (χ4n) is 5.46. The van der Waals surface area contributed by atoms with Crippen LogP contribution in [-0.2, 0) is 27.4 Å². The van der Waals surface area contributed by atoms with E-state index in [4.69, 9.17) is 14.2 Å². The fraction of sp³-hybridized carbons (Fsp3) is 0.200. The molecule has 1 saturated heterocycles. The minimum atomic E-state index is -1.06. The number of aryl methyl sites for hydroxylation is 1. The van der Waals surface area contributed by atoms with E-state index < -0.39 is 23.7 Å². The molecular formula is C35H30N2O7S. The molecule has 1 amide bonds. The molecule has 0 aliphatic carbocycles. The van der Waals surface area contributed by atoms with Crippen molar-refractivity contribution in [2.45, 2.75) is 39.0 Å². The average Bonchev–Trinajstić information content (AvgIpc) is 3.70. The SMILES string of the molecule is C=CCOC(=O)c1sc(N2C(=O)C(=O)/C(=C(/O)c3ccc4c(c3)C[C@@H](C)O4)[C@@H]2c2cccc(OCc3ccccc3)c2)nc1C. The molecule has 2 aliphatic heterocycles. The number of thiazole rings is 1. The number of amides is 1. The van der Waals surface area contributed by atoms with Crippen LogP contribution in [0.4, 0.5) is 5.13 Å². The fourth-order valence-corrected chi connectivity index (χ4v) is 6.45. The maximum absolute atomic E-state index is 13.7. The topological polar surface area (TPSA) is 115 Å². The number of aromatic nitrogens is 1. The largest absolute Gasteiger partial charge is 0.507 e. The van der Waals surface area contributed by atoms with Gasteiger partial charge < -0.3 is 19.3 Å². The molecule has 1 aromatic heterocycles. The van der Waals surface area contributed by atoms with E-state index in [2.05, 4.69) is 11.6 Å². The van der Waals surface area contributed by atoms with Gasteiger partial charge in [-0.3, -0.25) is 14.5 Å². The Bertz CT molecular complexity index is 1850. The number of fused-ring (bicyclic) bond motifs is 1. The highest BCUT2D eigenvalue weighted by atomic mass is 32.1. The van der Waals surface area contributed by atoms with Crippen LogP contribution in [-0.4, -0.2) is 40.5 Å². The van der Waals surface area contributed by atoms with Gasteiger partial charge in [0, 0.05) is 12.0 Å². The Labute approximate surface area is 264 Å². The van der Waals surface area contributed by atoms with Gasteiger partial charge in [0.05, 0.1) is 17.3 Å². The van der Waals surface area contributed by atoms with Crippen LogP contribution in [0.5, 0.6) is 11.5 Å². The number of carbonyl (C=O) groups excluding carboxylic acids is 3. The number of anilines is 1. The van der Waals surface area contributed by atoms with Gasteiger partial charge in [0.25, 0.3) is 5.78 Å². The molecule has 4 aromatic rings. The highest BCUT2D eigenvalue weighted by molar-refractivity contribution is 7.17. The van der Waals surface area contributed by atoms with E-state index in [1.807, 2.05) is 37.3 Å². The monoisotopic (exact) mass is 622 g/mol. The standard InChI is InChI=1S/C35H30N2O7S/c1-4-15-42-34(41)32-21(3)36-35(45-32)37-29(23-11-8-12-26(18-23)43-19-22-9-6-5-7-10-22)28(31(39)33(37)40)30(38)24-13-14-27-25(17-24)16-20(2)44-27/h4-14,17-18,20,29,38H,1,15-16,19H2,2-3H3/b30-28+/t20-,29+/m1/s1. The molecule has 0 saturated carbocycles. The highest BCUT2D eigenvalue weighted by Gasteiger charge is 2.48. The molecule has 1 N–H and O–H groups in total. The molecule has 2 aliphatic rings. The molecule has 2 atom stereocenters. The van der Waals surface area contributed by atoms with Crippen LogP contribution in [0.2, 0.25) is 0 Å². The zero-order valence-corrected chi connectivity index (χ0v) is 25.5.